The number of aromatic amines is 1. The largest absolute Gasteiger partial charge is 0.311 e. The standard InChI is InChI=1S/C14H16N4O.ClH/c1-10-12(9-16-17-10)14(19)18-7-6-15-8-11-4-2-3-5-13(11)18;/h2-5,9,15H,6-8H2,1H3,(H,16,17);1H. The molecule has 106 valence electrons. The van der Waals surface area contributed by atoms with E-state index < -0.39 is 0 Å². The molecule has 1 aliphatic rings. The van der Waals surface area contributed by atoms with Crippen molar-refractivity contribution in [1.82, 2.24) is 15.5 Å². The molecule has 5 nitrogen and oxygen atoms in total. The zero-order chi connectivity index (χ0) is 13.2. The summed E-state index contributed by atoms with van der Waals surface area (Å²) >= 11 is 0. The van der Waals surface area contributed by atoms with Gasteiger partial charge in [0.05, 0.1) is 11.8 Å². The lowest BCUT2D eigenvalue weighted by atomic mass is 10.1. The molecule has 0 aliphatic carbocycles. The van der Waals surface area contributed by atoms with Crippen molar-refractivity contribution in [1.29, 1.82) is 0 Å². The summed E-state index contributed by atoms with van der Waals surface area (Å²) in [5, 5.41) is 10.1. The Bertz CT molecular complexity index is 611. The molecule has 1 amide bonds. The van der Waals surface area contributed by atoms with E-state index in [0.717, 1.165) is 30.0 Å². The Morgan fingerprint density at radius 1 is 1.35 bits per heavy atom. The highest BCUT2D eigenvalue weighted by Crippen LogP contribution is 2.24. The number of nitrogens with zero attached hydrogens (tertiary/aromatic N) is 2. The number of fused-ring (bicyclic) bond motifs is 1. The first-order valence-corrected chi connectivity index (χ1v) is 6.38. The van der Waals surface area contributed by atoms with Gasteiger partial charge in [-0.3, -0.25) is 9.89 Å². The van der Waals surface area contributed by atoms with Crippen molar-refractivity contribution >= 4 is 24.0 Å². The third-order valence-electron chi connectivity index (χ3n) is 3.42. The monoisotopic (exact) mass is 292 g/mol. The number of anilines is 1. The predicted octanol–water partition coefficient (Wildman–Crippen LogP) is 1.89. The maximum atomic E-state index is 12.6. The van der Waals surface area contributed by atoms with E-state index >= 15 is 0 Å². The molecule has 0 radical (unpaired) electrons. The van der Waals surface area contributed by atoms with Crippen LogP contribution >= 0.6 is 12.4 Å². The van der Waals surface area contributed by atoms with E-state index in [9.17, 15) is 4.79 Å². The van der Waals surface area contributed by atoms with Gasteiger partial charge < -0.3 is 10.2 Å². The number of halogens is 1. The highest BCUT2D eigenvalue weighted by Gasteiger charge is 2.23. The molecule has 0 unspecified atom stereocenters. The fraction of sp³-hybridized carbons (Fsp3) is 0.286. The zero-order valence-corrected chi connectivity index (χ0v) is 12.0. The van der Waals surface area contributed by atoms with Gasteiger partial charge >= 0.3 is 0 Å². The molecule has 6 heteroatoms. The topological polar surface area (TPSA) is 61.0 Å². The van der Waals surface area contributed by atoms with E-state index in [1.807, 2.05) is 30.0 Å². The lowest BCUT2D eigenvalue weighted by Crippen LogP contribution is -2.34. The summed E-state index contributed by atoms with van der Waals surface area (Å²) in [5.74, 6) is 0.00222. The van der Waals surface area contributed by atoms with Crippen LogP contribution in [0.2, 0.25) is 0 Å². The maximum Gasteiger partial charge on any atom is 0.261 e. The van der Waals surface area contributed by atoms with Crippen molar-refractivity contribution in [3.8, 4) is 0 Å². The predicted molar refractivity (Wildman–Crippen MR) is 80.4 cm³/mol. The molecule has 2 N–H and O–H groups in total. The van der Waals surface area contributed by atoms with E-state index in [4.69, 9.17) is 0 Å². The summed E-state index contributed by atoms with van der Waals surface area (Å²) in [7, 11) is 0. The van der Waals surface area contributed by atoms with Gasteiger partial charge in [-0.1, -0.05) is 18.2 Å². The Hall–Kier alpha value is -1.85. The number of aryl methyl sites for hydroxylation is 1. The van der Waals surface area contributed by atoms with Gasteiger partial charge in [0.25, 0.3) is 5.91 Å². The summed E-state index contributed by atoms with van der Waals surface area (Å²) in [5.41, 5.74) is 3.57. The van der Waals surface area contributed by atoms with Crippen LogP contribution in [0.25, 0.3) is 0 Å². The van der Waals surface area contributed by atoms with Crippen LogP contribution in [-0.2, 0) is 6.54 Å². The Morgan fingerprint density at radius 3 is 2.90 bits per heavy atom. The van der Waals surface area contributed by atoms with Crippen LogP contribution in [0.1, 0.15) is 21.6 Å². The molecule has 1 aromatic heterocycles. The number of nitrogens with one attached hydrogen (secondary N) is 2. The van der Waals surface area contributed by atoms with Crippen molar-refractivity contribution in [3.63, 3.8) is 0 Å². The van der Waals surface area contributed by atoms with Crippen LogP contribution in [0.4, 0.5) is 5.69 Å². The number of carbonyl (C=O) groups is 1. The molecule has 1 aromatic carbocycles. The van der Waals surface area contributed by atoms with Crippen LogP contribution in [0, 0.1) is 6.92 Å². The first-order chi connectivity index (χ1) is 9.27. The van der Waals surface area contributed by atoms with E-state index in [1.54, 1.807) is 6.20 Å². The lowest BCUT2D eigenvalue weighted by molar-refractivity contribution is 0.0987. The number of H-pyrrole nitrogens is 1. The second-order valence-corrected chi connectivity index (χ2v) is 4.67. The molecular weight excluding hydrogens is 276 g/mol. The van der Waals surface area contributed by atoms with Crippen molar-refractivity contribution in [2.24, 2.45) is 0 Å². The second kappa shape index (κ2) is 6.07. The fourth-order valence-corrected chi connectivity index (χ4v) is 2.38. The Kier molecular flexibility index (Phi) is 4.42. The van der Waals surface area contributed by atoms with Gasteiger partial charge in [0.1, 0.15) is 0 Å². The molecule has 20 heavy (non-hydrogen) atoms. The number of para-hydroxylation sites is 1. The summed E-state index contributed by atoms with van der Waals surface area (Å²) in [4.78, 5) is 14.5. The van der Waals surface area contributed by atoms with Crippen LogP contribution in [0.15, 0.2) is 30.5 Å². The molecule has 0 fully saturated rings. The first kappa shape index (κ1) is 14.6. The van der Waals surface area contributed by atoms with Gasteiger partial charge in [0, 0.05) is 31.0 Å². The second-order valence-electron chi connectivity index (χ2n) is 4.67. The number of amides is 1. The molecule has 3 rings (SSSR count). The highest BCUT2D eigenvalue weighted by atomic mass is 35.5. The molecule has 2 heterocycles. The lowest BCUT2D eigenvalue weighted by Gasteiger charge is -2.22. The van der Waals surface area contributed by atoms with Gasteiger partial charge in [-0.15, -0.1) is 12.4 Å². The fourth-order valence-electron chi connectivity index (χ4n) is 2.38. The van der Waals surface area contributed by atoms with Crippen molar-refractivity contribution in [3.05, 3.63) is 47.3 Å². The normalized spacial score (nSPS) is 14.2. The Labute approximate surface area is 123 Å². The quantitative estimate of drug-likeness (QED) is 0.844. The van der Waals surface area contributed by atoms with Crippen LogP contribution in [0.5, 0.6) is 0 Å². The minimum absolute atomic E-state index is 0. The molecule has 1 aliphatic heterocycles. The number of benzene rings is 1. The number of carbonyl (C=O) groups excluding carboxylic acids is 1. The maximum absolute atomic E-state index is 12.6. The summed E-state index contributed by atoms with van der Waals surface area (Å²) in [6.07, 6.45) is 1.60. The third-order valence-corrected chi connectivity index (χ3v) is 3.42. The van der Waals surface area contributed by atoms with Crippen LogP contribution in [0.3, 0.4) is 0 Å². The SMILES string of the molecule is Cc1[nH]ncc1C(=O)N1CCNCc2ccccc21.Cl. The van der Waals surface area contributed by atoms with Crippen LogP contribution in [-0.4, -0.2) is 29.2 Å². The molecular formula is C14H17ClN4O. The number of rotatable bonds is 1. The van der Waals surface area contributed by atoms with Gasteiger partial charge in [-0.2, -0.15) is 5.10 Å². The number of hydrogen-bond acceptors (Lipinski definition) is 3. The minimum Gasteiger partial charge on any atom is -0.311 e. The van der Waals surface area contributed by atoms with E-state index in [1.165, 1.54) is 0 Å². The molecule has 0 bridgehead atoms. The van der Waals surface area contributed by atoms with E-state index in [0.29, 0.717) is 12.1 Å². The van der Waals surface area contributed by atoms with Gasteiger partial charge in [0.15, 0.2) is 0 Å². The molecule has 0 spiro atoms. The molecule has 0 saturated carbocycles. The molecule has 0 saturated heterocycles. The first-order valence-electron chi connectivity index (χ1n) is 6.38. The van der Waals surface area contributed by atoms with Gasteiger partial charge in [0.2, 0.25) is 0 Å². The average Bonchev–Trinajstić information content (AvgIpc) is 2.74. The van der Waals surface area contributed by atoms with E-state index in [2.05, 4.69) is 21.6 Å². The highest BCUT2D eigenvalue weighted by molar-refractivity contribution is 6.07. The summed E-state index contributed by atoms with van der Waals surface area (Å²) in [6, 6.07) is 8.01. The smallest absolute Gasteiger partial charge is 0.261 e. The van der Waals surface area contributed by atoms with Crippen molar-refractivity contribution in [2.45, 2.75) is 13.5 Å². The zero-order valence-electron chi connectivity index (χ0n) is 11.2. The number of hydrogen-bond donors (Lipinski definition) is 2. The molecule has 0 atom stereocenters. The average molecular weight is 293 g/mol. The van der Waals surface area contributed by atoms with Crippen molar-refractivity contribution < 1.29 is 4.79 Å². The summed E-state index contributed by atoms with van der Waals surface area (Å²) < 4.78 is 0. The molecule has 2 aromatic rings. The third kappa shape index (κ3) is 2.55. The van der Waals surface area contributed by atoms with Gasteiger partial charge in [-0.05, 0) is 18.6 Å². The minimum atomic E-state index is 0. The van der Waals surface area contributed by atoms with Gasteiger partial charge in [-0.25, -0.2) is 0 Å². The Morgan fingerprint density at radius 2 is 2.15 bits per heavy atom. The Balaban J connectivity index is 0.00000147. The van der Waals surface area contributed by atoms with Crippen LogP contribution < -0.4 is 10.2 Å². The summed E-state index contributed by atoms with van der Waals surface area (Å²) in [6.45, 7) is 4.12. The number of aromatic nitrogens is 2. The van der Waals surface area contributed by atoms with E-state index in [-0.39, 0.29) is 18.3 Å². The van der Waals surface area contributed by atoms with Crippen molar-refractivity contribution in [2.75, 3.05) is 18.0 Å².